The molecule has 92 valence electrons. The van der Waals surface area contributed by atoms with Crippen LogP contribution in [0, 0.1) is 5.82 Å². The second-order valence-electron chi connectivity index (χ2n) is 3.82. The zero-order valence-corrected chi connectivity index (χ0v) is 10.3. The zero-order valence-electron chi connectivity index (χ0n) is 9.48. The molecule has 0 heterocycles. The first-order chi connectivity index (χ1) is 7.02. The quantitative estimate of drug-likeness (QED) is 0.853. The highest BCUT2D eigenvalue weighted by Gasteiger charge is 2.08. The Morgan fingerprint density at radius 2 is 2.06 bits per heavy atom. The zero-order chi connectivity index (χ0) is 11.4. The van der Waals surface area contributed by atoms with Gasteiger partial charge in [0, 0.05) is 25.2 Å². The van der Waals surface area contributed by atoms with Gasteiger partial charge in [-0.3, -0.25) is 4.90 Å². The Bertz CT molecular complexity index is 316. The van der Waals surface area contributed by atoms with Crippen LogP contribution >= 0.6 is 12.4 Å². The molecule has 0 aliphatic heterocycles. The van der Waals surface area contributed by atoms with Gasteiger partial charge < -0.3 is 10.8 Å². The molecule has 1 aromatic carbocycles. The van der Waals surface area contributed by atoms with Crippen molar-refractivity contribution in [2.75, 3.05) is 13.6 Å². The third kappa shape index (κ3) is 4.35. The summed E-state index contributed by atoms with van der Waals surface area (Å²) in [5.41, 5.74) is 6.27. The molecule has 3 nitrogen and oxygen atoms in total. The summed E-state index contributed by atoms with van der Waals surface area (Å²) in [6.07, 6.45) is 0. The number of phenols is 1. The predicted octanol–water partition coefficient (Wildman–Crippen LogP) is 1.73. The Morgan fingerprint density at radius 3 is 2.56 bits per heavy atom. The van der Waals surface area contributed by atoms with Gasteiger partial charge in [-0.25, -0.2) is 4.39 Å². The molecule has 0 aromatic heterocycles. The Labute approximate surface area is 101 Å². The highest BCUT2D eigenvalue weighted by atomic mass is 35.5. The monoisotopic (exact) mass is 248 g/mol. The van der Waals surface area contributed by atoms with Gasteiger partial charge in [-0.05, 0) is 31.7 Å². The van der Waals surface area contributed by atoms with Crippen LogP contribution in [-0.2, 0) is 6.54 Å². The molecule has 0 radical (unpaired) electrons. The molecule has 0 aliphatic carbocycles. The number of halogens is 2. The summed E-state index contributed by atoms with van der Waals surface area (Å²) in [6.45, 7) is 3.13. The number of nitrogens with two attached hydrogens (primary N) is 1. The van der Waals surface area contributed by atoms with Crippen molar-refractivity contribution in [2.24, 2.45) is 5.73 Å². The van der Waals surface area contributed by atoms with Crippen molar-refractivity contribution in [1.29, 1.82) is 0 Å². The number of hydrogen-bond acceptors (Lipinski definition) is 3. The van der Waals surface area contributed by atoms with Crippen molar-refractivity contribution in [1.82, 2.24) is 4.90 Å². The van der Waals surface area contributed by atoms with E-state index in [0.717, 1.165) is 11.6 Å². The first-order valence-corrected chi connectivity index (χ1v) is 4.91. The molecule has 0 aliphatic rings. The minimum atomic E-state index is -0.418. The number of phenolic OH excluding ortho intramolecular Hbond substituents is 1. The molecule has 0 fully saturated rings. The first kappa shape index (κ1) is 15.2. The number of aromatic hydroxyl groups is 1. The highest BCUT2D eigenvalue weighted by Crippen LogP contribution is 2.16. The molecule has 0 amide bonds. The normalized spacial score (nSPS) is 12.3. The van der Waals surface area contributed by atoms with Crippen LogP contribution in [0.1, 0.15) is 12.5 Å². The third-order valence-corrected chi connectivity index (χ3v) is 2.47. The van der Waals surface area contributed by atoms with E-state index in [-0.39, 0.29) is 24.2 Å². The van der Waals surface area contributed by atoms with Gasteiger partial charge in [0.1, 0.15) is 11.6 Å². The fourth-order valence-electron chi connectivity index (χ4n) is 1.35. The molecule has 0 saturated heterocycles. The van der Waals surface area contributed by atoms with Gasteiger partial charge >= 0.3 is 0 Å². The summed E-state index contributed by atoms with van der Waals surface area (Å²) in [5, 5.41) is 9.22. The van der Waals surface area contributed by atoms with Crippen LogP contribution < -0.4 is 5.73 Å². The van der Waals surface area contributed by atoms with Gasteiger partial charge in [0.25, 0.3) is 0 Å². The van der Waals surface area contributed by atoms with E-state index >= 15 is 0 Å². The van der Waals surface area contributed by atoms with Crippen LogP contribution in [0.5, 0.6) is 5.75 Å². The molecule has 1 aromatic rings. The SMILES string of the molecule is CC(CN)N(C)Cc1cc(O)cc(F)c1.Cl. The van der Waals surface area contributed by atoms with Crippen molar-refractivity contribution < 1.29 is 9.50 Å². The summed E-state index contributed by atoms with van der Waals surface area (Å²) >= 11 is 0. The topological polar surface area (TPSA) is 49.5 Å². The van der Waals surface area contributed by atoms with E-state index in [1.165, 1.54) is 6.07 Å². The lowest BCUT2D eigenvalue weighted by atomic mass is 10.2. The number of benzene rings is 1. The third-order valence-electron chi connectivity index (χ3n) is 2.47. The van der Waals surface area contributed by atoms with Crippen LogP contribution in [0.25, 0.3) is 0 Å². The molecular formula is C11H18ClFN2O. The first-order valence-electron chi connectivity index (χ1n) is 4.91. The summed E-state index contributed by atoms with van der Waals surface area (Å²) in [5.74, 6) is -0.461. The molecule has 0 spiro atoms. The Kier molecular flexibility index (Phi) is 6.33. The van der Waals surface area contributed by atoms with Crippen LogP contribution in [0.15, 0.2) is 18.2 Å². The van der Waals surface area contributed by atoms with Gasteiger partial charge in [0.15, 0.2) is 0 Å². The predicted molar refractivity (Wildman–Crippen MR) is 65.3 cm³/mol. The second-order valence-corrected chi connectivity index (χ2v) is 3.82. The Hall–Kier alpha value is -0.840. The van der Waals surface area contributed by atoms with E-state index in [9.17, 15) is 9.50 Å². The molecule has 1 unspecified atom stereocenters. The smallest absolute Gasteiger partial charge is 0.127 e. The maximum atomic E-state index is 13.0. The average Bonchev–Trinajstić information content (AvgIpc) is 2.14. The van der Waals surface area contributed by atoms with E-state index < -0.39 is 5.82 Å². The van der Waals surface area contributed by atoms with Crippen molar-refractivity contribution in [2.45, 2.75) is 19.5 Å². The van der Waals surface area contributed by atoms with E-state index in [1.54, 1.807) is 6.07 Å². The largest absolute Gasteiger partial charge is 0.508 e. The Balaban J connectivity index is 0.00000225. The fourth-order valence-corrected chi connectivity index (χ4v) is 1.35. The molecule has 1 atom stereocenters. The standard InChI is InChI=1S/C11H17FN2O.ClH/c1-8(6-13)14(2)7-9-3-10(12)5-11(15)4-9;/h3-5,8,15H,6-7,13H2,1-2H3;1H. The van der Waals surface area contributed by atoms with Gasteiger partial charge in [0.2, 0.25) is 0 Å². The molecule has 16 heavy (non-hydrogen) atoms. The summed E-state index contributed by atoms with van der Waals surface area (Å²) in [4.78, 5) is 2.01. The van der Waals surface area contributed by atoms with Crippen molar-refractivity contribution in [3.05, 3.63) is 29.6 Å². The lowest BCUT2D eigenvalue weighted by Gasteiger charge is -2.23. The lowest BCUT2D eigenvalue weighted by Crippen LogP contribution is -2.34. The van der Waals surface area contributed by atoms with Crippen molar-refractivity contribution >= 4 is 12.4 Å². The molecule has 0 bridgehead atoms. The molecule has 3 N–H and O–H groups in total. The van der Waals surface area contributed by atoms with Gasteiger partial charge in [-0.15, -0.1) is 12.4 Å². The number of likely N-dealkylation sites (N-methyl/N-ethyl adjacent to an activating group) is 1. The summed E-state index contributed by atoms with van der Waals surface area (Å²) < 4.78 is 13.0. The van der Waals surface area contributed by atoms with E-state index in [1.807, 2.05) is 18.9 Å². The number of hydrogen-bond donors (Lipinski definition) is 2. The Morgan fingerprint density at radius 1 is 1.44 bits per heavy atom. The minimum Gasteiger partial charge on any atom is -0.508 e. The molecular weight excluding hydrogens is 231 g/mol. The lowest BCUT2D eigenvalue weighted by molar-refractivity contribution is 0.254. The number of rotatable bonds is 4. The highest BCUT2D eigenvalue weighted by molar-refractivity contribution is 5.85. The minimum absolute atomic E-state index is 0. The molecule has 0 saturated carbocycles. The molecule has 1 rings (SSSR count). The van der Waals surface area contributed by atoms with Crippen LogP contribution in [0.2, 0.25) is 0 Å². The van der Waals surface area contributed by atoms with Crippen LogP contribution in [0.4, 0.5) is 4.39 Å². The van der Waals surface area contributed by atoms with Gasteiger partial charge in [-0.1, -0.05) is 0 Å². The van der Waals surface area contributed by atoms with E-state index in [0.29, 0.717) is 13.1 Å². The van der Waals surface area contributed by atoms with E-state index in [2.05, 4.69) is 0 Å². The van der Waals surface area contributed by atoms with Gasteiger partial charge in [-0.2, -0.15) is 0 Å². The van der Waals surface area contributed by atoms with Crippen molar-refractivity contribution in [3.8, 4) is 5.75 Å². The fraction of sp³-hybridized carbons (Fsp3) is 0.455. The number of nitrogens with zero attached hydrogens (tertiary/aromatic N) is 1. The molecule has 5 heteroatoms. The summed E-state index contributed by atoms with van der Waals surface area (Å²) in [7, 11) is 1.92. The average molecular weight is 249 g/mol. The van der Waals surface area contributed by atoms with Gasteiger partial charge in [0.05, 0.1) is 0 Å². The van der Waals surface area contributed by atoms with Crippen LogP contribution in [-0.4, -0.2) is 29.6 Å². The van der Waals surface area contributed by atoms with Crippen LogP contribution in [0.3, 0.4) is 0 Å². The maximum Gasteiger partial charge on any atom is 0.127 e. The summed E-state index contributed by atoms with van der Waals surface area (Å²) in [6, 6.07) is 4.30. The van der Waals surface area contributed by atoms with E-state index in [4.69, 9.17) is 5.73 Å². The second kappa shape index (κ2) is 6.68. The van der Waals surface area contributed by atoms with Crippen molar-refractivity contribution in [3.63, 3.8) is 0 Å². The maximum absolute atomic E-state index is 13.0.